The van der Waals surface area contributed by atoms with E-state index in [4.69, 9.17) is 0 Å². The van der Waals surface area contributed by atoms with Gasteiger partial charge in [-0.05, 0) is 46.3 Å². The lowest BCUT2D eigenvalue weighted by Crippen LogP contribution is -2.49. The van der Waals surface area contributed by atoms with Gasteiger partial charge in [-0.2, -0.15) is 0 Å². The normalized spacial score (nSPS) is 25.6. The highest BCUT2D eigenvalue weighted by Crippen LogP contribution is 2.18. The van der Waals surface area contributed by atoms with Crippen molar-refractivity contribution < 1.29 is 13.5 Å². The summed E-state index contributed by atoms with van der Waals surface area (Å²) in [5, 5.41) is 12.9. The minimum atomic E-state index is -2.82. The SMILES string of the molecule is CCCNC(C)(CO)CCN(C)C1CCS(=O)(=O)C1. The van der Waals surface area contributed by atoms with Crippen LogP contribution in [0.25, 0.3) is 0 Å². The smallest absolute Gasteiger partial charge is 0.151 e. The zero-order chi connectivity index (χ0) is 14.5. The van der Waals surface area contributed by atoms with Crippen molar-refractivity contribution in [1.29, 1.82) is 0 Å². The Kier molecular flexibility index (Phi) is 6.23. The van der Waals surface area contributed by atoms with Gasteiger partial charge in [0.15, 0.2) is 9.84 Å². The Bertz CT molecular complexity index is 372. The van der Waals surface area contributed by atoms with Crippen LogP contribution in [0.3, 0.4) is 0 Å². The molecule has 2 atom stereocenters. The second-order valence-electron chi connectivity index (χ2n) is 5.93. The Balaban J connectivity index is 2.42. The predicted molar refractivity (Wildman–Crippen MR) is 78.1 cm³/mol. The van der Waals surface area contributed by atoms with Crippen LogP contribution in [-0.2, 0) is 9.84 Å². The lowest BCUT2D eigenvalue weighted by Gasteiger charge is -2.32. The largest absolute Gasteiger partial charge is 0.394 e. The van der Waals surface area contributed by atoms with Crippen molar-refractivity contribution in [1.82, 2.24) is 10.2 Å². The van der Waals surface area contributed by atoms with Gasteiger partial charge in [-0.15, -0.1) is 0 Å². The Morgan fingerprint density at radius 2 is 2.16 bits per heavy atom. The topological polar surface area (TPSA) is 69.6 Å². The maximum absolute atomic E-state index is 11.5. The molecule has 0 saturated carbocycles. The van der Waals surface area contributed by atoms with E-state index in [1.165, 1.54) is 0 Å². The molecule has 1 heterocycles. The molecule has 2 N–H and O–H groups in total. The summed E-state index contributed by atoms with van der Waals surface area (Å²) in [5.41, 5.74) is -0.276. The number of rotatable bonds is 8. The Morgan fingerprint density at radius 1 is 1.47 bits per heavy atom. The van der Waals surface area contributed by atoms with Crippen molar-refractivity contribution in [2.45, 2.75) is 44.7 Å². The minimum Gasteiger partial charge on any atom is -0.394 e. The van der Waals surface area contributed by atoms with Crippen molar-refractivity contribution in [3.8, 4) is 0 Å². The zero-order valence-electron chi connectivity index (χ0n) is 12.4. The average molecular weight is 292 g/mol. The van der Waals surface area contributed by atoms with Gasteiger partial charge in [-0.25, -0.2) is 8.42 Å². The fraction of sp³-hybridized carbons (Fsp3) is 1.00. The lowest BCUT2D eigenvalue weighted by molar-refractivity contribution is 0.143. The van der Waals surface area contributed by atoms with Gasteiger partial charge in [0.05, 0.1) is 18.1 Å². The molecule has 6 heteroatoms. The first kappa shape index (κ1) is 16.9. The van der Waals surface area contributed by atoms with Gasteiger partial charge in [-0.1, -0.05) is 6.92 Å². The molecule has 2 unspecified atom stereocenters. The monoisotopic (exact) mass is 292 g/mol. The highest BCUT2D eigenvalue weighted by atomic mass is 32.2. The van der Waals surface area contributed by atoms with Gasteiger partial charge >= 0.3 is 0 Å². The first-order valence-electron chi connectivity index (χ1n) is 7.08. The second-order valence-corrected chi connectivity index (χ2v) is 8.16. The first-order chi connectivity index (χ1) is 8.82. The maximum Gasteiger partial charge on any atom is 0.151 e. The maximum atomic E-state index is 11.5. The number of nitrogens with one attached hydrogen (secondary N) is 1. The Morgan fingerprint density at radius 3 is 2.63 bits per heavy atom. The molecule has 1 saturated heterocycles. The van der Waals surface area contributed by atoms with E-state index >= 15 is 0 Å². The van der Waals surface area contributed by atoms with Crippen LogP contribution in [0.4, 0.5) is 0 Å². The minimum absolute atomic E-state index is 0.101. The van der Waals surface area contributed by atoms with Gasteiger partial charge in [0.25, 0.3) is 0 Å². The number of sulfone groups is 1. The molecule has 5 nitrogen and oxygen atoms in total. The molecule has 1 aliphatic heterocycles. The number of aliphatic hydroxyl groups excluding tert-OH is 1. The van der Waals surface area contributed by atoms with Gasteiger partial charge in [0, 0.05) is 11.6 Å². The summed E-state index contributed by atoms with van der Waals surface area (Å²) in [7, 11) is -0.845. The van der Waals surface area contributed by atoms with Crippen LogP contribution in [0.2, 0.25) is 0 Å². The number of hydrogen-bond donors (Lipinski definition) is 2. The third-order valence-corrected chi connectivity index (χ3v) is 5.75. The summed E-state index contributed by atoms with van der Waals surface area (Å²) in [5.74, 6) is 0.592. The van der Waals surface area contributed by atoms with Gasteiger partial charge in [0.2, 0.25) is 0 Å². The molecular formula is C13H28N2O3S. The predicted octanol–water partition coefficient (Wildman–Crippen LogP) is 0.246. The molecule has 0 aromatic heterocycles. The van der Waals surface area contributed by atoms with Gasteiger partial charge < -0.3 is 15.3 Å². The summed E-state index contributed by atoms with van der Waals surface area (Å²) in [6.45, 7) is 5.90. The van der Waals surface area contributed by atoms with Crippen LogP contribution in [-0.4, -0.2) is 68.3 Å². The first-order valence-corrected chi connectivity index (χ1v) is 8.90. The second kappa shape index (κ2) is 7.02. The number of aliphatic hydroxyl groups is 1. The third kappa shape index (κ3) is 5.38. The fourth-order valence-corrected chi connectivity index (χ4v) is 4.18. The van der Waals surface area contributed by atoms with E-state index in [-0.39, 0.29) is 23.9 Å². The molecule has 0 radical (unpaired) electrons. The van der Waals surface area contributed by atoms with Crippen molar-refractivity contribution in [3.63, 3.8) is 0 Å². The highest BCUT2D eigenvalue weighted by Gasteiger charge is 2.31. The van der Waals surface area contributed by atoms with Crippen LogP contribution in [0, 0.1) is 0 Å². The van der Waals surface area contributed by atoms with Gasteiger partial charge in [0.1, 0.15) is 0 Å². The molecule has 19 heavy (non-hydrogen) atoms. The molecular weight excluding hydrogens is 264 g/mol. The fourth-order valence-electron chi connectivity index (χ4n) is 2.38. The lowest BCUT2D eigenvalue weighted by atomic mass is 9.98. The van der Waals surface area contributed by atoms with Crippen molar-refractivity contribution in [3.05, 3.63) is 0 Å². The molecule has 0 spiro atoms. The standard InChI is InChI=1S/C13H28N2O3S/c1-4-7-14-13(2,11-16)6-8-15(3)12-5-9-19(17,18)10-12/h12,14,16H,4-11H2,1-3H3. The van der Waals surface area contributed by atoms with Crippen LogP contribution in [0.1, 0.15) is 33.1 Å². The summed E-state index contributed by atoms with van der Waals surface area (Å²) in [6, 6.07) is 0.138. The van der Waals surface area contributed by atoms with E-state index < -0.39 is 9.84 Å². The molecule has 114 valence electrons. The summed E-state index contributed by atoms with van der Waals surface area (Å²) in [4.78, 5) is 2.12. The van der Waals surface area contributed by atoms with Crippen molar-refractivity contribution >= 4 is 9.84 Å². The molecule has 0 aliphatic carbocycles. The van der Waals surface area contributed by atoms with Gasteiger partial charge in [-0.3, -0.25) is 0 Å². The zero-order valence-corrected chi connectivity index (χ0v) is 13.2. The van der Waals surface area contributed by atoms with Crippen LogP contribution in [0.5, 0.6) is 0 Å². The summed E-state index contributed by atoms with van der Waals surface area (Å²) in [6.07, 6.45) is 2.58. The van der Waals surface area contributed by atoms with E-state index in [1.807, 2.05) is 14.0 Å². The van der Waals surface area contributed by atoms with E-state index in [9.17, 15) is 13.5 Å². The molecule has 0 amide bonds. The Labute approximate surface area is 117 Å². The van der Waals surface area contributed by atoms with Crippen LogP contribution in [0.15, 0.2) is 0 Å². The van der Waals surface area contributed by atoms with E-state index in [0.29, 0.717) is 5.75 Å². The molecule has 0 aromatic rings. The van der Waals surface area contributed by atoms with E-state index in [0.717, 1.165) is 32.4 Å². The molecule has 1 aliphatic rings. The van der Waals surface area contributed by atoms with Crippen molar-refractivity contribution in [2.24, 2.45) is 0 Å². The summed E-state index contributed by atoms with van der Waals surface area (Å²) < 4.78 is 22.9. The summed E-state index contributed by atoms with van der Waals surface area (Å²) >= 11 is 0. The Hall–Kier alpha value is -0.170. The molecule has 1 fully saturated rings. The quantitative estimate of drug-likeness (QED) is 0.671. The van der Waals surface area contributed by atoms with E-state index in [1.54, 1.807) is 0 Å². The van der Waals surface area contributed by atoms with Crippen LogP contribution < -0.4 is 5.32 Å². The number of hydrogen-bond acceptors (Lipinski definition) is 5. The van der Waals surface area contributed by atoms with Crippen LogP contribution >= 0.6 is 0 Å². The molecule has 1 rings (SSSR count). The van der Waals surface area contributed by atoms with E-state index in [2.05, 4.69) is 17.1 Å². The number of nitrogens with zero attached hydrogens (tertiary/aromatic N) is 1. The third-order valence-electron chi connectivity index (χ3n) is 4.00. The highest BCUT2D eigenvalue weighted by molar-refractivity contribution is 7.91. The molecule has 0 bridgehead atoms. The molecule has 0 aromatic carbocycles. The average Bonchev–Trinajstić information content (AvgIpc) is 2.74. The van der Waals surface area contributed by atoms with Crippen molar-refractivity contribution in [2.75, 3.05) is 38.2 Å².